The lowest BCUT2D eigenvalue weighted by molar-refractivity contribution is 0.0653. The summed E-state index contributed by atoms with van der Waals surface area (Å²) in [4.78, 5) is 14.5. The number of carbonyl (C=O) groups excluding carboxylic acids is 1. The van der Waals surface area contributed by atoms with Gasteiger partial charge in [-0.3, -0.25) is 4.79 Å². The number of carbonyl (C=O) groups is 1. The Hall–Kier alpha value is -1.51. The van der Waals surface area contributed by atoms with E-state index in [9.17, 15) is 4.79 Å². The van der Waals surface area contributed by atoms with Crippen LogP contribution in [0.2, 0.25) is 0 Å². The van der Waals surface area contributed by atoms with Crippen LogP contribution in [0.4, 0.5) is 5.69 Å². The standard InChI is InChI=1S/C14H20N2O/c1-14(2)9-6-10-16(14)13(17)11-7-4-5-8-12(11)15-3/h4-5,7-8,15H,6,9-10H2,1-3H3. The van der Waals surface area contributed by atoms with E-state index in [1.54, 1.807) is 0 Å². The van der Waals surface area contributed by atoms with Crippen molar-refractivity contribution < 1.29 is 4.79 Å². The van der Waals surface area contributed by atoms with Gasteiger partial charge in [-0.15, -0.1) is 0 Å². The molecule has 1 saturated heterocycles. The van der Waals surface area contributed by atoms with Crippen molar-refractivity contribution in [3.8, 4) is 0 Å². The van der Waals surface area contributed by atoms with E-state index in [0.29, 0.717) is 0 Å². The van der Waals surface area contributed by atoms with Gasteiger partial charge < -0.3 is 10.2 Å². The zero-order valence-electron chi connectivity index (χ0n) is 10.8. The zero-order chi connectivity index (χ0) is 12.5. The number of hydrogen-bond acceptors (Lipinski definition) is 2. The lowest BCUT2D eigenvalue weighted by atomic mass is 10.0. The normalized spacial score (nSPS) is 18.2. The molecule has 2 rings (SSSR count). The average Bonchev–Trinajstić information content (AvgIpc) is 2.68. The summed E-state index contributed by atoms with van der Waals surface area (Å²) >= 11 is 0. The molecule has 0 radical (unpaired) electrons. The summed E-state index contributed by atoms with van der Waals surface area (Å²) in [6.07, 6.45) is 2.18. The van der Waals surface area contributed by atoms with Gasteiger partial charge >= 0.3 is 0 Å². The van der Waals surface area contributed by atoms with Gasteiger partial charge in [-0.25, -0.2) is 0 Å². The van der Waals surface area contributed by atoms with Gasteiger partial charge in [-0.2, -0.15) is 0 Å². The summed E-state index contributed by atoms with van der Waals surface area (Å²) in [5, 5.41) is 3.08. The highest BCUT2D eigenvalue weighted by Gasteiger charge is 2.36. The largest absolute Gasteiger partial charge is 0.387 e. The number of benzene rings is 1. The SMILES string of the molecule is CNc1ccccc1C(=O)N1CCCC1(C)C. The predicted octanol–water partition coefficient (Wildman–Crippen LogP) is 2.74. The quantitative estimate of drug-likeness (QED) is 0.850. The van der Waals surface area contributed by atoms with Gasteiger partial charge in [-0.1, -0.05) is 12.1 Å². The van der Waals surface area contributed by atoms with Crippen LogP contribution in [0.5, 0.6) is 0 Å². The molecular weight excluding hydrogens is 212 g/mol. The van der Waals surface area contributed by atoms with E-state index in [2.05, 4.69) is 19.2 Å². The van der Waals surface area contributed by atoms with Crippen LogP contribution in [-0.2, 0) is 0 Å². The highest BCUT2D eigenvalue weighted by atomic mass is 16.2. The number of hydrogen-bond donors (Lipinski definition) is 1. The Kier molecular flexibility index (Phi) is 3.09. The molecule has 1 aliphatic heterocycles. The number of likely N-dealkylation sites (tertiary alicyclic amines) is 1. The first-order chi connectivity index (χ1) is 8.06. The monoisotopic (exact) mass is 232 g/mol. The lowest BCUT2D eigenvalue weighted by Crippen LogP contribution is -2.42. The Bertz CT molecular complexity index is 426. The molecule has 1 aliphatic rings. The maximum Gasteiger partial charge on any atom is 0.256 e. The van der Waals surface area contributed by atoms with Crippen molar-refractivity contribution in [3.63, 3.8) is 0 Å². The molecule has 0 atom stereocenters. The Labute approximate surface area is 103 Å². The predicted molar refractivity (Wildman–Crippen MR) is 70.3 cm³/mol. The van der Waals surface area contributed by atoms with Crippen LogP contribution in [-0.4, -0.2) is 29.9 Å². The van der Waals surface area contributed by atoms with Crippen molar-refractivity contribution in [3.05, 3.63) is 29.8 Å². The highest BCUT2D eigenvalue weighted by Crippen LogP contribution is 2.31. The fraction of sp³-hybridized carbons (Fsp3) is 0.500. The lowest BCUT2D eigenvalue weighted by Gasteiger charge is -2.32. The molecule has 92 valence electrons. The first-order valence-corrected chi connectivity index (χ1v) is 6.15. The van der Waals surface area contributed by atoms with Gasteiger partial charge in [0.15, 0.2) is 0 Å². The van der Waals surface area contributed by atoms with Crippen LogP contribution < -0.4 is 5.32 Å². The van der Waals surface area contributed by atoms with Gasteiger partial charge in [0, 0.05) is 24.8 Å². The number of nitrogens with one attached hydrogen (secondary N) is 1. The minimum atomic E-state index is -0.0159. The Balaban J connectivity index is 2.31. The summed E-state index contributed by atoms with van der Waals surface area (Å²) < 4.78 is 0. The first kappa shape index (κ1) is 12.0. The molecule has 1 amide bonds. The minimum Gasteiger partial charge on any atom is -0.387 e. The maximum absolute atomic E-state index is 12.5. The van der Waals surface area contributed by atoms with Crippen LogP contribution in [0.25, 0.3) is 0 Å². The van der Waals surface area contributed by atoms with Gasteiger partial charge in [0.25, 0.3) is 5.91 Å². The maximum atomic E-state index is 12.5. The van der Waals surface area contributed by atoms with Crippen molar-refractivity contribution in [2.24, 2.45) is 0 Å². The van der Waals surface area contributed by atoms with Crippen molar-refractivity contribution in [1.82, 2.24) is 4.90 Å². The summed E-state index contributed by atoms with van der Waals surface area (Å²) in [7, 11) is 1.85. The fourth-order valence-corrected chi connectivity index (χ4v) is 2.52. The third-order valence-electron chi connectivity index (χ3n) is 3.57. The molecule has 0 saturated carbocycles. The zero-order valence-corrected chi connectivity index (χ0v) is 10.8. The molecule has 17 heavy (non-hydrogen) atoms. The van der Waals surface area contributed by atoms with Crippen LogP contribution in [0.1, 0.15) is 37.0 Å². The Morgan fingerprint density at radius 3 is 2.65 bits per heavy atom. The van der Waals surface area contributed by atoms with Crippen LogP contribution in [0.3, 0.4) is 0 Å². The van der Waals surface area contributed by atoms with Crippen molar-refractivity contribution in [1.29, 1.82) is 0 Å². The number of nitrogens with zero attached hydrogens (tertiary/aromatic N) is 1. The summed E-state index contributed by atoms with van der Waals surface area (Å²) in [6.45, 7) is 5.14. The molecule has 0 aromatic heterocycles. The molecular formula is C14H20N2O. The molecule has 1 N–H and O–H groups in total. The number of anilines is 1. The molecule has 1 aromatic rings. The molecule has 3 heteroatoms. The minimum absolute atomic E-state index is 0.0159. The van der Waals surface area contributed by atoms with E-state index < -0.39 is 0 Å². The van der Waals surface area contributed by atoms with Gasteiger partial charge in [-0.05, 0) is 38.8 Å². The Morgan fingerprint density at radius 2 is 2.06 bits per heavy atom. The summed E-state index contributed by atoms with van der Waals surface area (Å²) in [6, 6.07) is 7.69. The van der Waals surface area contributed by atoms with E-state index in [1.165, 1.54) is 0 Å². The van der Waals surface area contributed by atoms with E-state index in [-0.39, 0.29) is 11.4 Å². The van der Waals surface area contributed by atoms with E-state index in [4.69, 9.17) is 0 Å². The highest BCUT2D eigenvalue weighted by molar-refractivity contribution is 6.00. The topological polar surface area (TPSA) is 32.3 Å². The van der Waals surface area contributed by atoms with Crippen molar-refractivity contribution in [2.75, 3.05) is 18.9 Å². The van der Waals surface area contributed by atoms with Crippen molar-refractivity contribution in [2.45, 2.75) is 32.2 Å². The van der Waals surface area contributed by atoms with Gasteiger partial charge in [0.1, 0.15) is 0 Å². The molecule has 1 fully saturated rings. The second kappa shape index (κ2) is 4.40. The second-order valence-corrected chi connectivity index (χ2v) is 5.17. The summed E-state index contributed by atoms with van der Waals surface area (Å²) in [5.74, 6) is 0.137. The van der Waals surface area contributed by atoms with Crippen LogP contribution in [0, 0.1) is 0 Å². The van der Waals surface area contributed by atoms with Crippen LogP contribution in [0.15, 0.2) is 24.3 Å². The second-order valence-electron chi connectivity index (χ2n) is 5.17. The first-order valence-electron chi connectivity index (χ1n) is 6.15. The molecule has 1 aromatic carbocycles. The van der Waals surface area contributed by atoms with E-state index in [1.807, 2.05) is 36.2 Å². The molecule has 0 spiro atoms. The van der Waals surface area contributed by atoms with Gasteiger partial charge in [0.2, 0.25) is 0 Å². The average molecular weight is 232 g/mol. The fourth-order valence-electron chi connectivity index (χ4n) is 2.52. The number of para-hydroxylation sites is 1. The van der Waals surface area contributed by atoms with E-state index in [0.717, 1.165) is 30.6 Å². The molecule has 0 aliphatic carbocycles. The smallest absolute Gasteiger partial charge is 0.256 e. The molecule has 1 heterocycles. The number of amides is 1. The van der Waals surface area contributed by atoms with Crippen molar-refractivity contribution >= 4 is 11.6 Å². The number of rotatable bonds is 2. The Morgan fingerprint density at radius 1 is 1.35 bits per heavy atom. The van der Waals surface area contributed by atoms with E-state index >= 15 is 0 Å². The third kappa shape index (κ3) is 2.14. The molecule has 0 bridgehead atoms. The van der Waals surface area contributed by atoms with Gasteiger partial charge in [0.05, 0.1) is 5.56 Å². The molecule has 3 nitrogen and oxygen atoms in total. The van der Waals surface area contributed by atoms with Crippen LogP contribution >= 0.6 is 0 Å². The molecule has 0 unspecified atom stereocenters. The third-order valence-corrected chi connectivity index (χ3v) is 3.57. The summed E-state index contributed by atoms with van der Waals surface area (Å²) in [5.41, 5.74) is 1.66.